The van der Waals surface area contributed by atoms with Crippen LogP contribution < -0.4 is 10.1 Å². The largest absolute Gasteiger partial charge is 0.497 e. The molecule has 2 aromatic carbocycles. The van der Waals surface area contributed by atoms with Crippen LogP contribution in [0, 0.1) is 0 Å². The highest BCUT2D eigenvalue weighted by molar-refractivity contribution is 5.76. The van der Waals surface area contributed by atoms with Crippen LogP contribution in [0.4, 0.5) is 0 Å². The molecule has 0 aliphatic carbocycles. The minimum absolute atomic E-state index is 0.182. The Morgan fingerprint density at radius 2 is 1.75 bits per heavy atom. The fraction of sp³-hybridized carbons (Fsp3) is 0.350. The first-order valence-electron chi connectivity index (χ1n) is 8.32. The van der Waals surface area contributed by atoms with Gasteiger partial charge in [-0.3, -0.25) is 4.79 Å². The third-order valence-corrected chi connectivity index (χ3v) is 3.99. The lowest BCUT2D eigenvalue weighted by atomic mass is 10.1. The Bertz CT molecular complexity index is 611. The van der Waals surface area contributed by atoms with Gasteiger partial charge in [-0.25, -0.2) is 0 Å². The van der Waals surface area contributed by atoms with Crippen molar-refractivity contribution in [1.82, 2.24) is 10.2 Å². The van der Waals surface area contributed by atoms with Gasteiger partial charge in [-0.15, -0.1) is 0 Å². The number of benzene rings is 2. The highest BCUT2D eigenvalue weighted by atomic mass is 16.5. The predicted molar refractivity (Wildman–Crippen MR) is 97.1 cm³/mol. The number of rotatable bonds is 9. The van der Waals surface area contributed by atoms with Gasteiger partial charge in [-0.2, -0.15) is 0 Å². The van der Waals surface area contributed by atoms with Crippen LogP contribution in [0.15, 0.2) is 54.6 Å². The van der Waals surface area contributed by atoms with Gasteiger partial charge in [0.05, 0.1) is 7.11 Å². The van der Waals surface area contributed by atoms with E-state index in [4.69, 9.17) is 4.74 Å². The summed E-state index contributed by atoms with van der Waals surface area (Å²) in [5, 5.41) is 3.04. The average molecular weight is 326 g/mol. The van der Waals surface area contributed by atoms with E-state index in [-0.39, 0.29) is 5.91 Å². The molecule has 4 nitrogen and oxygen atoms in total. The first kappa shape index (κ1) is 18.0. The molecule has 0 radical (unpaired) electrons. The van der Waals surface area contributed by atoms with E-state index in [0.717, 1.165) is 17.7 Å². The summed E-state index contributed by atoms with van der Waals surface area (Å²) in [6.07, 6.45) is 1.36. The second kappa shape index (κ2) is 9.73. The van der Waals surface area contributed by atoms with E-state index in [1.165, 1.54) is 5.56 Å². The summed E-state index contributed by atoms with van der Waals surface area (Å²) in [5.41, 5.74) is 2.36. The van der Waals surface area contributed by atoms with Gasteiger partial charge in [0.1, 0.15) is 5.75 Å². The van der Waals surface area contributed by atoms with Crippen molar-refractivity contribution in [3.63, 3.8) is 0 Å². The zero-order valence-electron chi connectivity index (χ0n) is 14.5. The predicted octanol–water partition coefficient (Wildman–Crippen LogP) is 2.88. The van der Waals surface area contributed by atoms with Gasteiger partial charge in [-0.1, -0.05) is 42.5 Å². The number of hydrogen-bond acceptors (Lipinski definition) is 3. The van der Waals surface area contributed by atoms with Crippen molar-refractivity contribution in [1.29, 1.82) is 0 Å². The highest BCUT2D eigenvalue weighted by Crippen LogP contribution is 2.13. The van der Waals surface area contributed by atoms with Crippen molar-refractivity contribution in [2.45, 2.75) is 19.4 Å². The molecule has 128 valence electrons. The van der Waals surface area contributed by atoms with E-state index in [1.54, 1.807) is 7.11 Å². The maximum absolute atomic E-state index is 12.5. The van der Waals surface area contributed by atoms with Crippen LogP contribution in [0.5, 0.6) is 5.75 Å². The van der Waals surface area contributed by atoms with Gasteiger partial charge in [0, 0.05) is 26.1 Å². The lowest BCUT2D eigenvalue weighted by Crippen LogP contribution is -2.34. The zero-order valence-corrected chi connectivity index (χ0v) is 14.5. The molecule has 0 aliphatic rings. The minimum atomic E-state index is 0.182. The molecule has 0 heterocycles. The van der Waals surface area contributed by atoms with Gasteiger partial charge >= 0.3 is 0 Å². The van der Waals surface area contributed by atoms with Crippen molar-refractivity contribution in [2.75, 3.05) is 27.2 Å². The third-order valence-electron chi connectivity index (χ3n) is 3.99. The molecular formula is C20H26N2O2. The molecule has 0 atom stereocenters. The number of methoxy groups -OCH3 is 1. The average Bonchev–Trinajstić information content (AvgIpc) is 2.64. The Kier molecular flexibility index (Phi) is 7.30. The Labute approximate surface area is 144 Å². The van der Waals surface area contributed by atoms with Crippen molar-refractivity contribution in [3.05, 3.63) is 65.7 Å². The molecule has 4 heteroatoms. The third kappa shape index (κ3) is 5.70. The summed E-state index contributed by atoms with van der Waals surface area (Å²) in [4.78, 5) is 14.4. The summed E-state index contributed by atoms with van der Waals surface area (Å²) >= 11 is 0. The van der Waals surface area contributed by atoms with E-state index in [1.807, 2.05) is 42.3 Å². The monoisotopic (exact) mass is 326 g/mol. The maximum atomic E-state index is 12.5. The molecule has 1 amide bonds. The van der Waals surface area contributed by atoms with Crippen LogP contribution in [0.3, 0.4) is 0 Å². The number of amides is 1. The van der Waals surface area contributed by atoms with Crippen LogP contribution in [0.25, 0.3) is 0 Å². The van der Waals surface area contributed by atoms with Gasteiger partial charge in [0.15, 0.2) is 0 Å². The molecule has 0 aromatic heterocycles. The molecule has 0 saturated heterocycles. The number of ether oxygens (including phenoxy) is 1. The molecule has 1 N–H and O–H groups in total. The summed E-state index contributed by atoms with van der Waals surface area (Å²) in [6.45, 7) is 2.07. The Hall–Kier alpha value is -2.33. The van der Waals surface area contributed by atoms with Crippen molar-refractivity contribution in [2.24, 2.45) is 0 Å². The molecule has 2 rings (SSSR count). The van der Waals surface area contributed by atoms with Crippen LogP contribution in [0.2, 0.25) is 0 Å². The quantitative estimate of drug-likeness (QED) is 0.770. The number of carbonyl (C=O) groups excluding carboxylic acids is 1. The first-order chi connectivity index (χ1) is 11.7. The van der Waals surface area contributed by atoms with Gasteiger partial charge in [0.25, 0.3) is 0 Å². The zero-order chi connectivity index (χ0) is 17.2. The SMILES string of the molecule is CNCCC(=O)N(CCc1ccc(OC)cc1)Cc1ccccc1. The molecule has 0 aliphatic heterocycles. The van der Waals surface area contributed by atoms with Gasteiger partial charge < -0.3 is 15.0 Å². The van der Waals surface area contributed by atoms with Crippen molar-refractivity contribution >= 4 is 5.91 Å². The minimum Gasteiger partial charge on any atom is -0.497 e. The molecule has 2 aromatic rings. The van der Waals surface area contributed by atoms with Crippen LogP contribution in [0.1, 0.15) is 17.5 Å². The topological polar surface area (TPSA) is 41.6 Å². The first-order valence-corrected chi connectivity index (χ1v) is 8.32. The second-order valence-corrected chi connectivity index (χ2v) is 5.75. The van der Waals surface area contributed by atoms with E-state index in [0.29, 0.717) is 26.1 Å². The van der Waals surface area contributed by atoms with Crippen molar-refractivity contribution in [3.8, 4) is 5.75 Å². The van der Waals surface area contributed by atoms with E-state index in [2.05, 4.69) is 29.6 Å². The lowest BCUT2D eigenvalue weighted by molar-refractivity contribution is -0.131. The van der Waals surface area contributed by atoms with Gasteiger partial charge in [0.2, 0.25) is 5.91 Å². The normalized spacial score (nSPS) is 10.4. The van der Waals surface area contributed by atoms with E-state index in [9.17, 15) is 4.79 Å². The number of nitrogens with one attached hydrogen (secondary N) is 1. The number of hydrogen-bond donors (Lipinski definition) is 1. The summed E-state index contributed by atoms with van der Waals surface area (Å²) < 4.78 is 5.18. The van der Waals surface area contributed by atoms with E-state index >= 15 is 0 Å². The lowest BCUT2D eigenvalue weighted by Gasteiger charge is -2.23. The maximum Gasteiger partial charge on any atom is 0.224 e. The summed E-state index contributed by atoms with van der Waals surface area (Å²) in [6, 6.07) is 18.2. The van der Waals surface area contributed by atoms with E-state index < -0.39 is 0 Å². The van der Waals surface area contributed by atoms with Crippen LogP contribution in [-0.4, -0.2) is 38.1 Å². The van der Waals surface area contributed by atoms with Crippen molar-refractivity contribution < 1.29 is 9.53 Å². The van der Waals surface area contributed by atoms with Crippen LogP contribution >= 0.6 is 0 Å². The Morgan fingerprint density at radius 3 is 2.38 bits per heavy atom. The summed E-state index contributed by atoms with van der Waals surface area (Å²) in [5.74, 6) is 1.03. The molecule has 0 spiro atoms. The standard InChI is InChI=1S/C20H26N2O2/c1-21-14-12-20(23)22(16-18-6-4-3-5-7-18)15-13-17-8-10-19(24-2)11-9-17/h3-11,21H,12-16H2,1-2H3. The molecule has 0 saturated carbocycles. The molecular weight excluding hydrogens is 300 g/mol. The van der Waals surface area contributed by atoms with Crippen LogP contribution in [-0.2, 0) is 17.8 Å². The highest BCUT2D eigenvalue weighted by Gasteiger charge is 2.13. The molecule has 0 unspecified atom stereocenters. The molecule has 24 heavy (non-hydrogen) atoms. The number of nitrogens with zero attached hydrogens (tertiary/aromatic N) is 1. The number of carbonyl (C=O) groups is 1. The smallest absolute Gasteiger partial charge is 0.224 e. The molecule has 0 bridgehead atoms. The Morgan fingerprint density at radius 1 is 1.04 bits per heavy atom. The fourth-order valence-electron chi connectivity index (χ4n) is 2.54. The summed E-state index contributed by atoms with van der Waals surface area (Å²) in [7, 11) is 3.53. The van der Waals surface area contributed by atoms with Gasteiger partial charge in [-0.05, 0) is 36.7 Å². The Balaban J connectivity index is 1.99. The second-order valence-electron chi connectivity index (χ2n) is 5.75. The fourth-order valence-corrected chi connectivity index (χ4v) is 2.54. The molecule has 0 fully saturated rings.